The van der Waals surface area contributed by atoms with Gasteiger partial charge in [0.2, 0.25) is 0 Å². The highest BCUT2D eigenvalue weighted by molar-refractivity contribution is 5.97. The fourth-order valence-corrected chi connectivity index (χ4v) is 2.51. The number of rotatable bonds is 4. The zero-order valence-corrected chi connectivity index (χ0v) is 11.5. The Bertz CT molecular complexity index is 462. The minimum absolute atomic E-state index is 0.336. The molecule has 104 valence electrons. The van der Waals surface area contributed by atoms with E-state index in [4.69, 9.17) is 10.5 Å². The van der Waals surface area contributed by atoms with Gasteiger partial charge in [0.1, 0.15) is 5.82 Å². The van der Waals surface area contributed by atoms with Crippen LogP contribution in [0, 0.1) is 5.92 Å². The molecule has 0 radical (unpaired) electrons. The molecule has 5 nitrogen and oxygen atoms in total. The fraction of sp³-hybridized carbons (Fsp3) is 0.571. The van der Waals surface area contributed by atoms with Crippen molar-refractivity contribution >= 4 is 17.5 Å². The summed E-state index contributed by atoms with van der Waals surface area (Å²) in [6.45, 7) is 4.33. The molecule has 0 aliphatic heterocycles. The number of esters is 1. The number of hydrogen-bond acceptors (Lipinski definition) is 5. The Morgan fingerprint density at radius 2 is 2.37 bits per heavy atom. The molecule has 1 heterocycles. The monoisotopic (exact) mass is 263 g/mol. The van der Waals surface area contributed by atoms with Crippen LogP contribution in [0.4, 0.5) is 11.5 Å². The Hall–Kier alpha value is -1.78. The summed E-state index contributed by atoms with van der Waals surface area (Å²) in [5.41, 5.74) is 6.77. The van der Waals surface area contributed by atoms with Crippen LogP contribution in [0.3, 0.4) is 0 Å². The van der Waals surface area contributed by atoms with E-state index in [1.165, 1.54) is 12.8 Å². The van der Waals surface area contributed by atoms with Gasteiger partial charge in [0.05, 0.1) is 17.9 Å². The van der Waals surface area contributed by atoms with E-state index in [9.17, 15) is 4.79 Å². The van der Waals surface area contributed by atoms with Gasteiger partial charge in [-0.25, -0.2) is 9.78 Å². The molecule has 1 aliphatic rings. The molecule has 1 aromatic heterocycles. The van der Waals surface area contributed by atoms with Crippen LogP contribution >= 0.6 is 0 Å². The Labute approximate surface area is 113 Å². The number of nitrogens with two attached hydrogens (primary N) is 1. The van der Waals surface area contributed by atoms with Gasteiger partial charge >= 0.3 is 5.97 Å². The average Bonchev–Trinajstić information content (AvgIpc) is 2.78. The first-order valence-corrected chi connectivity index (χ1v) is 6.81. The molecule has 1 saturated carbocycles. The molecular weight excluding hydrogens is 242 g/mol. The molecule has 2 atom stereocenters. The van der Waals surface area contributed by atoms with Crippen LogP contribution in [0.15, 0.2) is 12.3 Å². The van der Waals surface area contributed by atoms with E-state index in [2.05, 4.69) is 17.2 Å². The normalized spacial score (nSPS) is 22.2. The number of nitrogen functional groups attached to an aromatic ring is 1. The van der Waals surface area contributed by atoms with E-state index in [1.54, 1.807) is 19.2 Å². The van der Waals surface area contributed by atoms with Gasteiger partial charge in [-0.05, 0) is 31.7 Å². The Morgan fingerprint density at radius 3 is 3.00 bits per heavy atom. The smallest absolute Gasteiger partial charge is 0.340 e. The van der Waals surface area contributed by atoms with Gasteiger partial charge < -0.3 is 15.8 Å². The Balaban J connectivity index is 2.17. The first kappa shape index (κ1) is 13.6. The largest absolute Gasteiger partial charge is 0.462 e. The number of anilines is 2. The second-order valence-electron chi connectivity index (χ2n) is 5.00. The summed E-state index contributed by atoms with van der Waals surface area (Å²) in [7, 11) is 0. The Morgan fingerprint density at radius 1 is 1.58 bits per heavy atom. The summed E-state index contributed by atoms with van der Waals surface area (Å²) in [4.78, 5) is 16.0. The highest BCUT2D eigenvalue weighted by atomic mass is 16.5. The van der Waals surface area contributed by atoms with Crippen molar-refractivity contribution in [3.8, 4) is 0 Å². The molecule has 3 N–H and O–H groups in total. The number of pyridine rings is 1. The van der Waals surface area contributed by atoms with Crippen LogP contribution in [-0.4, -0.2) is 23.6 Å². The molecule has 5 heteroatoms. The van der Waals surface area contributed by atoms with Crippen molar-refractivity contribution in [1.82, 2.24) is 4.98 Å². The molecular formula is C14H21N3O2. The number of nitrogens with one attached hydrogen (secondary N) is 1. The lowest BCUT2D eigenvalue weighted by Gasteiger charge is -2.19. The number of carbonyl (C=O) groups is 1. The molecule has 2 rings (SSSR count). The maximum Gasteiger partial charge on any atom is 0.340 e. The predicted molar refractivity (Wildman–Crippen MR) is 75.0 cm³/mol. The topological polar surface area (TPSA) is 77.2 Å². The minimum atomic E-state index is -0.398. The van der Waals surface area contributed by atoms with Gasteiger partial charge in [-0.1, -0.05) is 13.3 Å². The molecule has 0 spiro atoms. The van der Waals surface area contributed by atoms with E-state index in [1.807, 2.05) is 0 Å². The summed E-state index contributed by atoms with van der Waals surface area (Å²) in [5.74, 6) is 0.793. The van der Waals surface area contributed by atoms with Gasteiger partial charge in [0, 0.05) is 12.2 Å². The lowest BCUT2D eigenvalue weighted by molar-refractivity contribution is 0.0527. The number of hydrogen-bond donors (Lipinski definition) is 2. The molecule has 0 amide bonds. The first-order valence-electron chi connectivity index (χ1n) is 6.81. The number of aromatic nitrogens is 1. The lowest BCUT2D eigenvalue weighted by atomic mass is 10.1. The van der Waals surface area contributed by atoms with Crippen molar-refractivity contribution < 1.29 is 9.53 Å². The van der Waals surface area contributed by atoms with Crippen LogP contribution in [0.5, 0.6) is 0 Å². The van der Waals surface area contributed by atoms with Crippen molar-refractivity contribution in [3.63, 3.8) is 0 Å². The van der Waals surface area contributed by atoms with Gasteiger partial charge in [0.25, 0.3) is 0 Å². The van der Waals surface area contributed by atoms with Crippen LogP contribution in [0.25, 0.3) is 0 Å². The van der Waals surface area contributed by atoms with Crippen LogP contribution < -0.4 is 11.1 Å². The quantitative estimate of drug-likeness (QED) is 0.816. The van der Waals surface area contributed by atoms with Gasteiger partial charge in [-0.2, -0.15) is 0 Å². The Kier molecular flexibility index (Phi) is 4.24. The maximum atomic E-state index is 11.8. The maximum absolute atomic E-state index is 11.8. The SMILES string of the molecule is CCOC(=O)c1ccnc(NC2CCCC2C)c1N. The summed E-state index contributed by atoms with van der Waals surface area (Å²) < 4.78 is 4.98. The molecule has 1 aliphatic carbocycles. The minimum Gasteiger partial charge on any atom is -0.462 e. The molecule has 0 bridgehead atoms. The van der Waals surface area contributed by atoms with E-state index >= 15 is 0 Å². The second kappa shape index (κ2) is 5.91. The van der Waals surface area contributed by atoms with Crippen LogP contribution in [0.2, 0.25) is 0 Å². The highest BCUT2D eigenvalue weighted by Gasteiger charge is 2.25. The summed E-state index contributed by atoms with van der Waals surface area (Å²) in [6, 6.07) is 1.98. The summed E-state index contributed by atoms with van der Waals surface area (Å²) >= 11 is 0. The number of carbonyl (C=O) groups excluding carboxylic acids is 1. The molecule has 1 aromatic rings. The number of ether oxygens (including phenoxy) is 1. The van der Waals surface area contributed by atoms with Crippen molar-refractivity contribution in [2.24, 2.45) is 5.92 Å². The third-order valence-corrected chi connectivity index (χ3v) is 3.67. The molecule has 1 fully saturated rings. The second-order valence-corrected chi connectivity index (χ2v) is 5.00. The van der Waals surface area contributed by atoms with Crippen molar-refractivity contribution in [2.45, 2.75) is 39.2 Å². The van der Waals surface area contributed by atoms with Gasteiger partial charge in [-0.3, -0.25) is 0 Å². The average molecular weight is 263 g/mol. The van der Waals surface area contributed by atoms with E-state index < -0.39 is 5.97 Å². The molecule has 2 unspecified atom stereocenters. The molecule has 0 aromatic carbocycles. The van der Waals surface area contributed by atoms with E-state index in [0.29, 0.717) is 35.6 Å². The zero-order chi connectivity index (χ0) is 13.8. The zero-order valence-electron chi connectivity index (χ0n) is 11.5. The van der Waals surface area contributed by atoms with E-state index in [-0.39, 0.29) is 0 Å². The van der Waals surface area contributed by atoms with E-state index in [0.717, 1.165) is 6.42 Å². The predicted octanol–water partition coefficient (Wildman–Crippen LogP) is 2.44. The molecule has 19 heavy (non-hydrogen) atoms. The van der Waals surface area contributed by atoms with Crippen molar-refractivity contribution in [1.29, 1.82) is 0 Å². The summed E-state index contributed by atoms with van der Waals surface area (Å²) in [6.07, 6.45) is 5.14. The van der Waals surface area contributed by atoms with Gasteiger partial charge in [-0.15, -0.1) is 0 Å². The van der Waals surface area contributed by atoms with Gasteiger partial charge in [0.15, 0.2) is 0 Å². The van der Waals surface area contributed by atoms with Crippen molar-refractivity contribution in [2.75, 3.05) is 17.7 Å². The van der Waals surface area contributed by atoms with Crippen molar-refractivity contribution in [3.05, 3.63) is 17.8 Å². The highest BCUT2D eigenvalue weighted by Crippen LogP contribution is 2.30. The fourth-order valence-electron chi connectivity index (χ4n) is 2.51. The number of nitrogens with zero attached hydrogens (tertiary/aromatic N) is 1. The lowest BCUT2D eigenvalue weighted by Crippen LogP contribution is -2.23. The van der Waals surface area contributed by atoms with Crippen LogP contribution in [0.1, 0.15) is 43.5 Å². The third-order valence-electron chi connectivity index (χ3n) is 3.67. The third kappa shape index (κ3) is 2.97. The summed E-state index contributed by atoms with van der Waals surface area (Å²) in [5, 5.41) is 3.35. The standard InChI is InChI=1S/C14H21N3O2/c1-3-19-14(18)10-7-8-16-13(12(10)15)17-11-6-4-5-9(11)2/h7-9,11H,3-6,15H2,1-2H3,(H,16,17). The molecule has 0 saturated heterocycles. The van der Waals surface area contributed by atoms with Crippen LogP contribution in [-0.2, 0) is 4.74 Å². The first-order chi connectivity index (χ1) is 9.13.